The normalized spacial score (nSPS) is 10.9. The van der Waals surface area contributed by atoms with E-state index in [1.807, 2.05) is 30.3 Å². The van der Waals surface area contributed by atoms with Crippen molar-refractivity contribution in [1.82, 2.24) is 9.78 Å². The number of nitrogens with one attached hydrogen (secondary N) is 1. The average Bonchev–Trinajstić information content (AvgIpc) is 3.13. The summed E-state index contributed by atoms with van der Waals surface area (Å²) in [6.07, 6.45) is 1.80. The molecule has 0 atom stereocenters. The molecular formula is C24H16BrCl4N3O2. The zero-order valence-electron chi connectivity index (χ0n) is 17.4. The molecule has 4 aromatic rings. The van der Waals surface area contributed by atoms with Gasteiger partial charge >= 0.3 is 0 Å². The lowest BCUT2D eigenvalue weighted by molar-refractivity contribution is 0.102. The molecule has 0 spiro atoms. The van der Waals surface area contributed by atoms with Gasteiger partial charge in [0.05, 0.1) is 21.1 Å². The Hall–Kier alpha value is -2.22. The van der Waals surface area contributed by atoms with Gasteiger partial charge in [0.1, 0.15) is 6.61 Å². The van der Waals surface area contributed by atoms with Crippen LogP contribution in [0.5, 0.6) is 5.75 Å². The molecular weight excluding hydrogens is 584 g/mol. The zero-order valence-corrected chi connectivity index (χ0v) is 22.0. The second kappa shape index (κ2) is 11.0. The van der Waals surface area contributed by atoms with Gasteiger partial charge in [-0.1, -0.05) is 70.7 Å². The summed E-state index contributed by atoms with van der Waals surface area (Å²) in [5.74, 6) is 0.444. The molecule has 0 saturated heterocycles. The van der Waals surface area contributed by atoms with Crippen molar-refractivity contribution in [2.75, 3.05) is 5.32 Å². The monoisotopic (exact) mass is 597 g/mol. The molecule has 0 aliphatic rings. The van der Waals surface area contributed by atoms with E-state index in [-0.39, 0.29) is 12.5 Å². The minimum atomic E-state index is -0.304. The molecule has 4 rings (SSSR count). The van der Waals surface area contributed by atoms with E-state index in [2.05, 4.69) is 26.3 Å². The molecule has 1 N–H and O–H groups in total. The number of hydrogen-bond donors (Lipinski definition) is 1. The number of benzene rings is 3. The fourth-order valence-corrected chi connectivity index (χ4v) is 4.61. The minimum absolute atomic E-state index is 0.168. The molecule has 1 heterocycles. The van der Waals surface area contributed by atoms with Crippen LogP contribution in [-0.4, -0.2) is 15.7 Å². The van der Waals surface area contributed by atoms with E-state index in [1.54, 1.807) is 41.2 Å². The van der Waals surface area contributed by atoms with Crippen LogP contribution in [-0.2, 0) is 13.2 Å². The lowest BCUT2D eigenvalue weighted by Gasteiger charge is -2.11. The summed E-state index contributed by atoms with van der Waals surface area (Å²) in [5.41, 5.74) is 2.25. The standard InChI is InChI=1S/C24H16BrCl4N3O2/c25-19-12-32(11-14-4-6-17(26)7-5-14)31-23(19)30-24(33)16-3-1-2-15(8-16)13-34-22-20(28)9-18(27)10-21(22)29/h1-10,12H,11,13H2,(H,30,31,33). The molecule has 0 fully saturated rings. The van der Waals surface area contributed by atoms with E-state index in [9.17, 15) is 4.79 Å². The first-order valence-electron chi connectivity index (χ1n) is 9.93. The Labute approximate surface area is 224 Å². The van der Waals surface area contributed by atoms with Gasteiger partial charge in [0.25, 0.3) is 5.91 Å². The highest BCUT2D eigenvalue weighted by Gasteiger charge is 2.14. The Morgan fingerprint density at radius 3 is 2.35 bits per heavy atom. The topological polar surface area (TPSA) is 56.2 Å². The predicted molar refractivity (Wildman–Crippen MR) is 141 cm³/mol. The van der Waals surface area contributed by atoms with Crippen LogP contribution < -0.4 is 10.1 Å². The van der Waals surface area contributed by atoms with Crippen LogP contribution in [0.1, 0.15) is 21.5 Å². The van der Waals surface area contributed by atoms with Crippen LogP contribution >= 0.6 is 62.3 Å². The van der Waals surface area contributed by atoms with Crippen LogP contribution in [0, 0.1) is 0 Å². The highest BCUT2D eigenvalue weighted by molar-refractivity contribution is 9.10. The number of rotatable bonds is 7. The molecule has 0 aliphatic carbocycles. The molecule has 0 aliphatic heterocycles. The van der Waals surface area contributed by atoms with Crippen molar-refractivity contribution in [1.29, 1.82) is 0 Å². The number of halogens is 5. The summed E-state index contributed by atoms with van der Waals surface area (Å²) < 4.78 is 8.16. The Kier molecular flexibility index (Phi) is 8.06. The number of carbonyl (C=O) groups is 1. The highest BCUT2D eigenvalue weighted by atomic mass is 79.9. The number of ether oxygens (including phenoxy) is 1. The van der Waals surface area contributed by atoms with Crippen molar-refractivity contribution in [3.8, 4) is 5.75 Å². The summed E-state index contributed by atoms with van der Waals surface area (Å²) in [4.78, 5) is 12.8. The SMILES string of the molecule is O=C(Nc1nn(Cc2ccc(Cl)cc2)cc1Br)c1cccc(COc2c(Cl)cc(Cl)cc2Cl)c1. The van der Waals surface area contributed by atoms with E-state index in [4.69, 9.17) is 51.1 Å². The van der Waals surface area contributed by atoms with Gasteiger partial charge in [-0.15, -0.1) is 0 Å². The fourth-order valence-electron chi connectivity index (χ4n) is 3.14. The molecule has 3 aromatic carbocycles. The Balaban J connectivity index is 1.42. The van der Waals surface area contributed by atoms with Gasteiger partial charge in [0.2, 0.25) is 0 Å². The third-order valence-electron chi connectivity index (χ3n) is 4.74. The maximum atomic E-state index is 12.8. The smallest absolute Gasteiger partial charge is 0.256 e. The quantitative estimate of drug-likeness (QED) is 0.233. The number of anilines is 1. The maximum absolute atomic E-state index is 12.8. The molecule has 34 heavy (non-hydrogen) atoms. The zero-order chi connectivity index (χ0) is 24.2. The van der Waals surface area contributed by atoms with Crippen LogP contribution in [0.4, 0.5) is 5.82 Å². The molecule has 1 amide bonds. The predicted octanol–water partition coefficient (Wildman–Crippen LogP) is 8.14. The minimum Gasteiger partial charge on any atom is -0.486 e. The van der Waals surface area contributed by atoms with E-state index in [0.717, 1.165) is 11.1 Å². The van der Waals surface area contributed by atoms with Gasteiger partial charge in [-0.25, -0.2) is 0 Å². The summed E-state index contributed by atoms with van der Waals surface area (Å²) in [6.45, 7) is 0.704. The van der Waals surface area contributed by atoms with Crippen molar-refractivity contribution >= 4 is 74.1 Å². The summed E-state index contributed by atoms with van der Waals surface area (Å²) in [7, 11) is 0. The van der Waals surface area contributed by atoms with Gasteiger partial charge < -0.3 is 10.1 Å². The van der Waals surface area contributed by atoms with E-state index in [0.29, 0.717) is 48.2 Å². The Bertz CT molecular complexity index is 1320. The first-order chi connectivity index (χ1) is 16.3. The largest absolute Gasteiger partial charge is 0.486 e. The number of amides is 1. The van der Waals surface area contributed by atoms with Gasteiger partial charge in [0.15, 0.2) is 11.6 Å². The average molecular weight is 600 g/mol. The molecule has 5 nitrogen and oxygen atoms in total. The highest BCUT2D eigenvalue weighted by Crippen LogP contribution is 2.36. The second-order valence-electron chi connectivity index (χ2n) is 7.29. The Morgan fingerprint density at radius 2 is 1.65 bits per heavy atom. The first-order valence-corrected chi connectivity index (χ1v) is 12.2. The van der Waals surface area contributed by atoms with Crippen molar-refractivity contribution in [2.24, 2.45) is 0 Å². The summed E-state index contributed by atoms with van der Waals surface area (Å²) in [6, 6.07) is 17.6. The van der Waals surface area contributed by atoms with E-state index in [1.165, 1.54) is 0 Å². The molecule has 10 heteroatoms. The van der Waals surface area contributed by atoms with Crippen molar-refractivity contribution in [2.45, 2.75) is 13.2 Å². The van der Waals surface area contributed by atoms with Gasteiger partial charge in [0, 0.05) is 21.8 Å². The lowest BCUT2D eigenvalue weighted by atomic mass is 10.1. The van der Waals surface area contributed by atoms with Crippen LogP contribution in [0.2, 0.25) is 20.1 Å². The lowest BCUT2D eigenvalue weighted by Crippen LogP contribution is -2.13. The molecule has 0 radical (unpaired) electrons. The molecule has 0 unspecified atom stereocenters. The third kappa shape index (κ3) is 6.26. The Morgan fingerprint density at radius 1 is 0.941 bits per heavy atom. The summed E-state index contributed by atoms with van der Waals surface area (Å²) in [5, 5.41) is 9.00. The number of carbonyl (C=O) groups excluding carboxylic acids is 1. The number of nitrogens with zero attached hydrogens (tertiary/aromatic N) is 2. The van der Waals surface area contributed by atoms with Crippen molar-refractivity contribution in [3.05, 3.63) is 108 Å². The number of hydrogen-bond acceptors (Lipinski definition) is 3. The number of aromatic nitrogens is 2. The van der Waals surface area contributed by atoms with Gasteiger partial charge in [-0.3, -0.25) is 9.48 Å². The third-order valence-corrected chi connectivity index (χ3v) is 6.35. The van der Waals surface area contributed by atoms with Gasteiger partial charge in [-0.2, -0.15) is 5.10 Å². The fraction of sp³-hybridized carbons (Fsp3) is 0.0833. The van der Waals surface area contributed by atoms with Crippen LogP contribution in [0.25, 0.3) is 0 Å². The van der Waals surface area contributed by atoms with Gasteiger partial charge in [-0.05, 0) is 63.5 Å². The van der Waals surface area contributed by atoms with Crippen molar-refractivity contribution in [3.63, 3.8) is 0 Å². The first kappa shape index (κ1) is 24.9. The maximum Gasteiger partial charge on any atom is 0.256 e. The van der Waals surface area contributed by atoms with Crippen molar-refractivity contribution < 1.29 is 9.53 Å². The molecule has 1 aromatic heterocycles. The van der Waals surface area contributed by atoms with Crippen LogP contribution in [0.3, 0.4) is 0 Å². The second-order valence-corrected chi connectivity index (χ2v) is 9.83. The van der Waals surface area contributed by atoms with E-state index >= 15 is 0 Å². The molecule has 0 saturated carbocycles. The van der Waals surface area contributed by atoms with E-state index < -0.39 is 0 Å². The molecule has 0 bridgehead atoms. The summed E-state index contributed by atoms with van der Waals surface area (Å²) >= 11 is 27.7. The van der Waals surface area contributed by atoms with Crippen LogP contribution in [0.15, 0.2) is 71.3 Å². The molecule has 174 valence electrons.